The van der Waals surface area contributed by atoms with E-state index in [4.69, 9.17) is 16.1 Å². The molecule has 5 nitrogen and oxygen atoms in total. The van der Waals surface area contributed by atoms with Crippen LogP contribution in [-0.4, -0.2) is 13.6 Å². The second-order valence-corrected chi connectivity index (χ2v) is 6.32. The van der Waals surface area contributed by atoms with Crippen LogP contribution in [0.2, 0.25) is 5.02 Å². The fourth-order valence-corrected chi connectivity index (χ4v) is 3.45. The van der Waals surface area contributed by atoms with Gasteiger partial charge in [0, 0.05) is 4.47 Å². The predicted molar refractivity (Wildman–Crippen MR) is 71.2 cm³/mol. The number of benzene rings is 1. The first kappa shape index (κ1) is 13.4. The van der Waals surface area contributed by atoms with Crippen molar-refractivity contribution in [2.45, 2.75) is 11.8 Å². The Morgan fingerprint density at radius 2 is 2.06 bits per heavy atom. The number of nitrogens with one attached hydrogen (secondary N) is 1. The van der Waals surface area contributed by atoms with Crippen molar-refractivity contribution < 1.29 is 12.9 Å². The van der Waals surface area contributed by atoms with E-state index < -0.39 is 10.0 Å². The molecule has 2 rings (SSSR count). The van der Waals surface area contributed by atoms with Gasteiger partial charge in [-0.2, -0.15) is 0 Å². The first-order chi connectivity index (χ1) is 8.42. The van der Waals surface area contributed by atoms with Crippen LogP contribution in [0.25, 0.3) is 0 Å². The van der Waals surface area contributed by atoms with Gasteiger partial charge in [-0.3, -0.25) is 4.72 Å². The molecule has 0 aliphatic rings. The number of rotatable bonds is 3. The highest BCUT2D eigenvalue weighted by atomic mass is 79.9. The van der Waals surface area contributed by atoms with Crippen LogP contribution in [-0.2, 0) is 10.0 Å². The average Bonchev–Trinajstić information content (AvgIpc) is 2.61. The molecule has 8 heteroatoms. The summed E-state index contributed by atoms with van der Waals surface area (Å²) >= 11 is 9.02. The van der Waals surface area contributed by atoms with E-state index in [0.717, 1.165) is 0 Å². The summed E-state index contributed by atoms with van der Waals surface area (Å²) in [4.78, 5) is 0.0988. The Labute approximate surface area is 117 Å². The van der Waals surface area contributed by atoms with Crippen LogP contribution in [0.5, 0.6) is 0 Å². The van der Waals surface area contributed by atoms with Crippen molar-refractivity contribution in [3.63, 3.8) is 0 Å². The molecule has 1 heterocycles. The summed E-state index contributed by atoms with van der Waals surface area (Å²) in [6.07, 6.45) is 0. The topological polar surface area (TPSA) is 72.2 Å². The van der Waals surface area contributed by atoms with Gasteiger partial charge in [-0.25, -0.2) is 8.42 Å². The standard InChI is InChI=1S/C10H8BrClN2O3S/c1-6-9(12)10(13-17-6)14-18(15,16)8-5-3-2-4-7(8)11/h2-5H,1H3,(H,13,14). The Morgan fingerprint density at radius 1 is 1.39 bits per heavy atom. The van der Waals surface area contributed by atoms with Crippen LogP contribution in [0.4, 0.5) is 5.82 Å². The van der Waals surface area contributed by atoms with Gasteiger partial charge in [0.1, 0.15) is 9.92 Å². The molecule has 2 aromatic rings. The molecule has 1 aromatic carbocycles. The molecule has 0 unspecified atom stereocenters. The Bertz CT molecular complexity index is 684. The fourth-order valence-electron chi connectivity index (χ4n) is 1.27. The van der Waals surface area contributed by atoms with E-state index in [1.807, 2.05) is 0 Å². The van der Waals surface area contributed by atoms with Gasteiger partial charge >= 0.3 is 0 Å². The van der Waals surface area contributed by atoms with Crippen LogP contribution in [0.3, 0.4) is 0 Å². The van der Waals surface area contributed by atoms with Crippen LogP contribution in [0.1, 0.15) is 5.76 Å². The lowest BCUT2D eigenvalue weighted by Crippen LogP contribution is -2.14. The fraction of sp³-hybridized carbons (Fsp3) is 0.100. The molecule has 0 fully saturated rings. The Morgan fingerprint density at radius 3 is 2.61 bits per heavy atom. The number of aryl methyl sites for hydroxylation is 1. The molecular weight excluding hydrogens is 344 g/mol. The molecule has 0 aliphatic heterocycles. The molecule has 18 heavy (non-hydrogen) atoms. The number of hydrogen-bond acceptors (Lipinski definition) is 4. The highest BCUT2D eigenvalue weighted by Crippen LogP contribution is 2.28. The molecule has 0 atom stereocenters. The molecule has 0 saturated heterocycles. The number of aromatic nitrogens is 1. The van der Waals surface area contributed by atoms with E-state index in [0.29, 0.717) is 10.2 Å². The highest BCUT2D eigenvalue weighted by molar-refractivity contribution is 9.10. The molecule has 1 aromatic heterocycles. The molecule has 0 bridgehead atoms. The number of hydrogen-bond donors (Lipinski definition) is 1. The predicted octanol–water partition coefficient (Wildman–Crippen LogP) is 3.20. The van der Waals surface area contributed by atoms with Crippen molar-refractivity contribution in [1.82, 2.24) is 5.16 Å². The van der Waals surface area contributed by atoms with E-state index in [1.54, 1.807) is 25.1 Å². The quantitative estimate of drug-likeness (QED) is 0.921. The maximum absolute atomic E-state index is 12.1. The third-order valence-corrected chi connectivity index (χ3v) is 4.94. The summed E-state index contributed by atoms with van der Waals surface area (Å²) in [7, 11) is -3.76. The summed E-state index contributed by atoms with van der Waals surface area (Å²) in [6, 6.07) is 6.43. The van der Waals surface area contributed by atoms with Crippen molar-refractivity contribution in [1.29, 1.82) is 0 Å². The summed E-state index contributed by atoms with van der Waals surface area (Å²) in [6.45, 7) is 1.59. The minimum absolute atomic E-state index is 0.0232. The molecule has 0 amide bonds. The normalized spacial score (nSPS) is 11.5. The van der Waals surface area contributed by atoms with Gasteiger partial charge in [0.15, 0.2) is 5.76 Å². The van der Waals surface area contributed by atoms with Crippen molar-refractivity contribution in [2.75, 3.05) is 4.72 Å². The van der Waals surface area contributed by atoms with Crippen LogP contribution in [0.15, 0.2) is 38.2 Å². The van der Waals surface area contributed by atoms with Crippen molar-refractivity contribution >= 4 is 43.4 Å². The van der Waals surface area contributed by atoms with Gasteiger partial charge in [0.05, 0.1) is 0 Å². The van der Waals surface area contributed by atoms with E-state index in [-0.39, 0.29) is 15.7 Å². The second-order valence-electron chi connectivity index (χ2n) is 3.44. The molecular formula is C10H8BrClN2O3S. The molecule has 0 saturated carbocycles. The number of sulfonamides is 1. The van der Waals surface area contributed by atoms with Crippen LogP contribution >= 0.6 is 27.5 Å². The maximum Gasteiger partial charge on any atom is 0.264 e. The van der Waals surface area contributed by atoms with Gasteiger partial charge < -0.3 is 4.52 Å². The van der Waals surface area contributed by atoms with E-state index in [1.165, 1.54) is 6.07 Å². The summed E-state index contributed by atoms with van der Waals surface area (Å²) in [5, 5.41) is 3.69. The second kappa shape index (κ2) is 4.91. The Hall–Kier alpha value is -1.05. The van der Waals surface area contributed by atoms with E-state index in [9.17, 15) is 8.42 Å². The Balaban J connectivity index is 2.40. The average molecular weight is 352 g/mol. The zero-order valence-electron chi connectivity index (χ0n) is 9.15. The molecule has 1 N–H and O–H groups in total. The van der Waals surface area contributed by atoms with Gasteiger partial charge in [0.2, 0.25) is 5.82 Å². The zero-order chi connectivity index (χ0) is 13.3. The van der Waals surface area contributed by atoms with Crippen LogP contribution in [0, 0.1) is 6.92 Å². The monoisotopic (exact) mass is 350 g/mol. The Kier molecular flexibility index (Phi) is 3.65. The van der Waals surface area contributed by atoms with Gasteiger partial charge in [-0.05, 0) is 35.0 Å². The minimum Gasteiger partial charge on any atom is -0.358 e. The SMILES string of the molecule is Cc1onc(NS(=O)(=O)c2ccccc2Br)c1Cl. The number of anilines is 1. The third-order valence-electron chi connectivity index (χ3n) is 2.15. The first-order valence-corrected chi connectivity index (χ1v) is 7.46. The summed E-state index contributed by atoms with van der Waals surface area (Å²) in [5.41, 5.74) is 0. The number of halogens is 2. The first-order valence-electron chi connectivity index (χ1n) is 4.81. The smallest absolute Gasteiger partial charge is 0.264 e. The largest absolute Gasteiger partial charge is 0.358 e. The zero-order valence-corrected chi connectivity index (χ0v) is 12.3. The maximum atomic E-state index is 12.1. The van der Waals surface area contributed by atoms with Crippen molar-refractivity contribution in [2.24, 2.45) is 0 Å². The van der Waals surface area contributed by atoms with E-state index >= 15 is 0 Å². The minimum atomic E-state index is -3.76. The van der Waals surface area contributed by atoms with Gasteiger partial charge in [-0.15, -0.1) is 0 Å². The third kappa shape index (κ3) is 2.52. The molecule has 0 radical (unpaired) electrons. The van der Waals surface area contributed by atoms with Gasteiger partial charge in [0.25, 0.3) is 10.0 Å². The lowest BCUT2D eigenvalue weighted by molar-refractivity contribution is 0.400. The lowest BCUT2D eigenvalue weighted by Gasteiger charge is -2.06. The van der Waals surface area contributed by atoms with Gasteiger partial charge in [-0.1, -0.05) is 28.9 Å². The lowest BCUT2D eigenvalue weighted by atomic mass is 10.4. The number of nitrogens with zero attached hydrogens (tertiary/aromatic N) is 1. The molecule has 0 spiro atoms. The molecule has 0 aliphatic carbocycles. The molecule has 96 valence electrons. The van der Waals surface area contributed by atoms with Crippen LogP contribution < -0.4 is 4.72 Å². The van der Waals surface area contributed by atoms with E-state index in [2.05, 4.69) is 25.8 Å². The summed E-state index contributed by atoms with van der Waals surface area (Å²) < 4.78 is 31.7. The summed E-state index contributed by atoms with van der Waals surface area (Å²) in [5.74, 6) is 0.325. The highest BCUT2D eigenvalue weighted by Gasteiger charge is 2.21. The van der Waals surface area contributed by atoms with Crippen molar-refractivity contribution in [3.8, 4) is 0 Å². The van der Waals surface area contributed by atoms with Crippen molar-refractivity contribution in [3.05, 3.63) is 39.5 Å².